The van der Waals surface area contributed by atoms with Gasteiger partial charge >= 0.3 is 6.18 Å². The summed E-state index contributed by atoms with van der Waals surface area (Å²) in [5.41, 5.74) is 9.57. The predicted molar refractivity (Wildman–Crippen MR) is 172 cm³/mol. The molecule has 1 aliphatic rings. The molecule has 0 spiro atoms. The fourth-order valence-corrected chi connectivity index (χ4v) is 3.33. The van der Waals surface area contributed by atoms with E-state index >= 15 is 0 Å². The fourth-order valence-electron chi connectivity index (χ4n) is 3.33. The Morgan fingerprint density at radius 1 is 1.10 bits per heavy atom. The first-order valence-electron chi connectivity index (χ1n) is 12.7. The molecule has 8 heteroatoms. The summed E-state index contributed by atoms with van der Waals surface area (Å²) in [6, 6.07) is 16.1. The van der Waals surface area contributed by atoms with Gasteiger partial charge < -0.3 is 11.1 Å². The number of aryl methyl sites for hydroxylation is 2. The Morgan fingerprint density at radius 2 is 1.62 bits per heavy atom. The predicted octanol–water partition coefficient (Wildman–Crippen LogP) is 8.76. The second kappa shape index (κ2) is 26.0. The number of halogens is 4. The third-order valence-corrected chi connectivity index (χ3v) is 5.43. The van der Waals surface area contributed by atoms with Crippen LogP contribution in [0.5, 0.6) is 0 Å². The molecule has 222 valence electrons. The zero-order valence-corrected chi connectivity index (χ0v) is 26.3. The number of hydrogen-bond donors (Lipinski definition) is 3. The highest BCUT2D eigenvalue weighted by molar-refractivity contribution is 7.79. The van der Waals surface area contributed by atoms with Crippen LogP contribution in [0.3, 0.4) is 0 Å². The van der Waals surface area contributed by atoms with Gasteiger partial charge in [-0.25, -0.2) is 0 Å². The lowest BCUT2D eigenvalue weighted by Gasteiger charge is -2.15. The Balaban J connectivity index is -0.000000589. The molecule has 2 unspecified atom stereocenters. The van der Waals surface area contributed by atoms with E-state index in [2.05, 4.69) is 86.3 Å². The van der Waals surface area contributed by atoms with E-state index in [4.69, 9.17) is 0 Å². The van der Waals surface area contributed by atoms with Crippen molar-refractivity contribution in [1.29, 1.82) is 0 Å². The SMILES string of the molecule is C=CC(CC)c1ccc(C2=NCC(C(F)(F)F)C2)cc1C.C=CN.CCNC.CCl.CS.Cc1ccccc1. The minimum Gasteiger partial charge on any atom is -0.405 e. The van der Waals surface area contributed by atoms with Crippen LogP contribution in [0.25, 0.3) is 0 Å². The van der Waals surface area contributed by atoms with E-state index in [0.717, 1.165) is 24.1 Å². The van der Waals surface area contributed by atoms with Gasteiger partial charge in [-0.15, -0.1) is 18.2 Å². The zero-order chi connectivity index (χ0) is 30.9. The van der Waals surface area contributed by atoms with Crippen molar-refractivity contribution in [2.45, 2.75) is 52.6 Å². The molecule has 39 heavy (non-hydrogen) atoms. The van der Waals surface area contributed by atoms with Gasteiger partial charge in [-0.2, -0.15) is 25.8 Å². The molecule has 0 aromatic heterocycles. The lowest BCUT2D eigenvalue weighted by atomic mass is 9.90. The number of rotatable bonds is 5. The highest BCUT2D eigenvalue weighted by Gasteiger charge is 2.42. The van der Waals surface area contributed by atoms with Crippen LogP contribution in [0.1, 0.15) is 54.9 Å². The van der Waals surface area contributed by atoms with Crippen LogP contribution in [0.4, 0.5) is 13.2 Å². The Morgan fingerprint density at radius 3 is 1.92 bits per heavy atom. The standard InChI is InChI=1S/C17H20F3N.C7H8.C3H9N.C2H5N.CH3Cl.CH4S/c1-4-12(5-2)15-7-6-13(8-11(15)3)16-9-14(10-21-16)17(18,19)20;1-7-5-3-2-4-6-7;1-3-4-2;1-2-3;2*1-2/h4,6-8,12,14H,1,5,9-10H2,2-3H3;2-6H,1H3;4H,3H2,1-2H3;2H,1,3H2;1H3;2H,1H3. The zero-order valence-electron chi connectivity index (χ0n) is 24.7. The van der Waals surface area contributed by atoms with Crippen molar-refractivity contribution >= 4 is 29.9 Å². The first-order chi connectivity index (χ1) is 18.6. The lowest BCUT2D eigenvalue weighted by molar-refractivity contribution is -0.167. The van der Waals surface area contributed by atoms with Gasteiger partial charge in [0.25, 0.3) is 0 Å². The van der Waals surface area contributed by atoms with Gasteiger partial charge in [-0.05, 0) is 69.1 Å². The van der Waals surface area contributed by atoms with E-state index in [1.165, 1.54) is 23.7 Å². The quantitative estimate of drug-likeness (QED) is 0.186. The smallest absolute Gasteiger partial charge is 0.393 e. The molecule has 0 bridgehead atoms. The third kappa shape index (κ3) is 18.7. The highest BCUT2D eigenvalue weighted by Crippen LogP contribution is 2.34. The van der Waals surface area contributed by atoms with Crippen LogP contribution < -0.4 is 11.1 Å². The Bertz CT molecular complexity index is 902. The molecule has 2 atom stereocenters. The van der Waals surface area contributed by atoms with Crippen molar-refractivity contribution in [3.05, 3.63) is 96.2 Å². The first-order valence-corrected chi connectivity index (χ1v) is 14.4. The van der Waals surface area contributed by atoms with Gasteiger partial charge in [0.1, 0.15) is 0 Å². The minimum atomic E-state index is -4.16. The summed E-state index contributed by atoms with van der Waals surface area (Å²) in [7, 11) is 1.93. The second-order valence-electron chi connectivity index (χ2n) is 8.15. The molecule has 3 nitrogen and oxygen atoms in total. The number of hydrogen-bond acceptors (Lipinski definition) is 4. The number of thiol groups is 1. The van der Waals surface area contributed by atoms with Gasteiger partial charge in [-0.3, -0.25) is 4.99 Å². The third-order valence-electron chi connectivity index (χ3n) is 5.43. The van der Waals surface area contributed by atoms with Crippen molar-refractivity contribution < 1.29 is 13.2 Å². The van der Waals surface area contributed by atoms with Crippen molar-refractivity contribution in [2.75, 3.05) is 32.8 Å². The number of benzene rings is 2. The van der Waals surface area contributed by atoms with E-state index in [1.807, 2.05) is 56.4 Å². The molecule has 0 aliphatic carbocycles. The largest absolute Gasteiger partial charge is 0.405 e. The van der Waals surface area contributed by atoms with Gasteiger partial charge in [0.2, 0.25) is 0 Å². The molecule has 1 aliphatic heterocycles. The van der Waals surface area contributed by atoms with Crippen molar-refractivity contribution in [1.82, 2.24) is 5.32 Å². The van der Waals surface area contributed by atoms with Crippen LogP contribution in [0.2, 0.25) is 0 Å². The average Bonchev–Trinajstić information content (AvgIpc) is 3.45. The van der Waals surface area contributed by atoms with Crippen LogP contribution in [0, 0.1) is 19.8 Å². The lowest BCUT2D eigenvalue weighted by Crippen LogP contribution is -2.23. The maximum atomic E-state index is 12.7. The Kier molecular flexibility index (Phi) is 27.5. The van der Waals surface area contributed by atoms with Gasteiger partial charge in [-0.1, -0.05) is 74.5 Å². The molecule has 2 aromatic rings. The molecule has 3 rings (SSSR count). The maximum absolute atomic E-state index is 12.7. The summed E-state index contributed by atoms with van der Waals surface area (Å²) in [5, 5.41) is 2.93. The van der Waals surface area contributed by atoms with E-state index in [0.29, 0.717) is 5.71 Å². The molecule has 0 radical (unpaired) electrons. The molecule has 0 amide bonds. The minimum absolute atomic E-state index is 0.0129. The van der Waals surface area contributed by atoms with Gasteiger partial charge in [0, 0.05) is 24.4 Å². The van der Waals surface area contributed by atoms with Crippen LogP contribution in [-0.4, -0.2) is 44.7 Å². The van der Waals surface area contributed by atoms with E-state index < -0.39 is 12.1 Å². The van der Waals surface area contributed by atoms with Crippen LogP contribution >= 0.6 is 24.2 Å². The topological polar surface area (TPSA) is 50.4 Å². The number of allylic oxidation sites excluding steroid dienone is 1. The summed E-state index contributed by atoms with van der Waals surface area (Å²) in [4.78, 5) is 4.09. The summed E-state index contributed by atoms with van der Waals surface area (Å²) >= 11 is 8.17. The van der Waals surface area contributed by atoms with Crippen molar-refractivity contribution in [3.63, 3.8) is 0 Å². The normalized spacial score (nSPS) is 13.8. The van der Waals surface area contributed by atoms with E-state index in [-0.39, 0.29) is 18.9 Å². The fraction of sp³-hybridized carbons (Fsp3) is 0.452. The van der Waals surface area contributed by atoms with E-state index in [1.54, 1.807) is 6.26 Å². The summed E-state index contributed by atoms with van der Waals surface area (Å²) in [5.74, 6) is -1.04. The van der Waals surface area contributed by atoms with Crippen molar-refractivity contribution in [3.8, 4) is 0 Å². The van der Waals surface area contributed by atoms with Crippen LogP contribution in [0.15, 0.2) is 79.0 Å². The van der Waals surface area contributed by atoms with E-state index in [9.17, 15) is 13.2 Å². The number of nitrogens with zero attached hydrogens (tertiary/aromatic N) is 1. The Labute approximate surface area is 246 Å². The number of nitrogens with one attached hydrogen (secondary N) is 1. The molecule has 0 saturated carbocycles. The number of alkyl halides is 4. The molecular weight excluding hydrogens is 539 g/mol. The second-order valence-corrected chi connectivity index (χ2v) is 8.15. The molecule has 3 N–H and O–H groups in total. The van der Waals surface area contributed by atoms with Crippen molar-refractivity contribution in [2.24, 2.45) is 16.6 Å². The molecular formula is C31H49ClF3N3S. The maximum Gasteiger partial charge on any atom is 0.393 e. The summed E-state index contributed by atoms with van der Waals surface area (Å²) in [6.45, 7) is 16.1. The van der Waals surface area contributed by atoms with Gasteiger partial charge in [0.15, 0.2) is 0 Å². The average molecular weight is 588 g/mol. The monoisotopic (exact) mass is 587 g/mol. The number of nitrogens with two attached hydrogens (primary N) is 1. The van der Waals surface area contributed by atoms with Crippen LogP contribution in [-0.2, 0) is 0 Å². The Hall–Kier alpha value is -2.22. The molecule has 0 saturated heterocycles. The van der Waals surface area contributed by atoms with Gasteiger partial charge in [0.05, 0.1) is 12.5 Å². The summed E-state index contributed by atoms with van der Waals surface area (Å²) < 4.78 is 38.1. The highest BCUT2D eigenvalue weighted by atomic mass is 35.5. The molecule has 2 aromatic carbocycles. The molecule has 0 fully saturated rings. The summed E-state index contributed by atoms with van der Waals surface area (Å²) in [6.07, 6.45) is 3.12. The molecule has 1 heterocycles. The first kappa shape index (κ1) is 41.3. The number of aliphatic imine (C=N–C) groups is 1.